The lowest BCUT2D eigenvalue weighted by Gasteiger charge is -2.26. The van der Waals surface area contributed by atoms with Crippen molar-refractivity contribution in [2.75, 3.05) is 19.6 Å². The van der Waals surface area contributed by atoms with Crippen molar-refractivity contribution in [3.05, 3.63) is 89.8 Å². The lowest BCUT2D eigenvalue weighted by molar-refractivity contribution is -0.155. The van der Waals surface area contributed by atoms with Gasteiger partial charge in [0.1, 0.15) is 17.8 Å². The summed E-state index contributed by atoms with van der Waals surface area (Å²) in [6, 6.07) is 17.2. The van der Waals surface area contributed by atoms with Crippen LogP contribution in [0, 0.1) is 0 Å². The fraction of sp³-hybridized carbons (Fsp3) is 0.300. The molecule has 1 aromatic heterocycles. The zero-order valence-corrected chi connectivity index (χ0v) is 22.3. The van der Waals surface area contributed by atoms with E-state index in [1.807, 2.05) is 54.6 Å². The number of aromatic nitrogens is 1. The summed E-state index contributed by atoms with van der Waals surface area (Å²) < 4.78 is 4.69. The number of pyridine rings is 1. The van der Waals surface area contributed by atoms with Crippen LogP contribution in [0.25, 0.3) is 10.8 Å². The molecule has 2 aliphatic heterocycles. The average Bonchev–Trinajstić information content (AvgIpc) is 3.21. The van der Waals surface area contributed by atoms with Crippen LogP contribution in [0.3, 0.4) is 0 Å². The zero-order chi connectivity index (χ0) is 28.8. The van der Waals surface area contributed by atoms with Gasteiger partial charge in [-0.15, -0.1) is 0 Å². The van der Waals surface area contributed by atoms with Crippen molar-refractivity contribution in [3.8, 4) is 0 Å². The Morgan fingerprint density at radius 1 is 1.00 bits per heavy atom. The normalized spacial score (nSPS) is 20.8. The highest BCUT2D eigenvalue weighted by Crippen LogP contribution is 2.18. The van der Waals surface area contributed by atoms with Crippen molar-refractivity contribution < 1.29 is 29.0 Å². The second-order valence-electron chi connectivity index (χ2n) is 10.0. The third kappa shape index (κ3) is 6.94. The third-order valence-electron chi connectivity index (χ3n) is 7.03. The fourth-order valence-corrected chi connectivity index (χ4v) is 4.96. The Bertz CT molecular complexity index is 1470. The minimum absolute atomic E-state index is 0.161. The highest BCUT2D eigenvalue weighted by atomic mass is 16.6. The predicted octanol–water partition coefficient (Wildman–Crippen LogP) is 1.03. The van der Waals surface area contributed by atoms with E-state index in [1.165, 1.54) is 4.90 Å². The standard InChI is InChI=1S/C30H31N5O6/c36-25(33-24-14-26(37)41-30(24)40)18-35-17-20(16-31-15-19-6-2-1-3-7-19)10-11-23(29(35)39)34-28(38)27-22-9-5-4-8-21(22)12-13-32-27/h1-10,12-13,23-24,30-31,40H,11,14-18H2,(H,33,36)(H,34,38). The molecule has 11 heteroatoms. The molecule has 1 fully saturated rings. The molecule has 2 aromatic carbocycles. The van der Waals surface area contributed by atoms with E-state index in [-0.39, 0.29) is 31.6 Å². The Morgan fingerprint density at radius 3 is 2.56 bits per heavy atom. The second kappa shape index (κ2) is 12.7. The number of rotatable bonds is 9. The second-order valence-corrected chi connectivity index (χ2v) is 10.0. The number of carbonyl (C=O) groups is 4. The summed E-state index contributed by atoms with van der Waals surface area (Å²) in [5, 5.41) is 20.1. The summed E-state index contributed by atoms with van der Waals surface area (Å²) in [7, 11) is 0. The summed E-state index contributed by atoms with van der Waals surface area (Å²) in [6.07, 6.45) is 2.09. The molecule has 0 radical (unpaired) electrons. The topological polar surface area (TPSA) is 150 Å². The van der Waals surface area contributed by atoms with Crippen LogP contribution in [0.15, 0.2) is 78.5 Å². The molecular formula is C30H31N5O6. The number of nitrogens with zero attached hydrogens (tertiary/aromatic N) is 2. The van der Waals surface area contributed by atoms with E-state index in [4.69, 9.17) is 0 Å². The van der Waals surface area contributed by atoms with Gasteiger partial charge < -0.3 is 30.7 Å². The molecule has 41 heavy (non-hydrogen) atoms. The Labute approximate surface area is 236 Å². The van der Waals surface area contributed by atoms with E-state index in [1.54, 1.807) is 18.3 Å². The molecule has 3 atom stereocenters. The molecular weight excluding hydrogens is 526 g/mol. The van der Waals surface area contributed by atoms with Gasteiger partial charge in [0.05, 0.1) is 13.0 Å². The minimum atomic E-state index is -1.44. The minimum Gasteiger partial charge on any atom is -0.434 e. The van der Waals surface area contributed by atoms with Crippen molar-refractivity contribution in [1.29, 1.82) is 0 Å². The summed E-state index contributed by atoms with van der Waals surface area (Å²) >= 11 is 0. The number of benzene rings is 2. The largest absolute Gasteiger partial charge is 0.434 e. The summed E-state index contributed by atoms with van der Waals surface area (Å²) in [4.78, 5) is 56.9. The molecule has 0 saturated carbocycles. The van der Waals surface area contributed by atoms with Gasteiger partial charge >= 0.3 is 5.97 Å². The highest BCUT2D eigenvalue weighted by Gasteiger charge is 2.36. The van der Waals surface area contributed by atoms with Gasteiger partial charge in [-0.05, 0) is 29.0 Å². The smallest absolute Gasteiger partial charge is 0.310 e. The SMILES string of the molecule is O=C(CN1CC(CNCc2ccccc2)=CCC(NC(=O)c2nccc3ccccc23)C1=O)NC1CC(=O)OC1O. The molecule has 0 aliphatic carbocycles. The van der Waals surface area contributed by atoms with E-state index < -0.39 is 42.1 Å². The van der Waals surface area contributed by atoms with Crippen molar-refractivity contribution >= 4 is 34.5 Å². The van der Waals surface area contributed by atoms with E-state index >= 15 is 0 Å². The number of amides is 3. The lowest BCUT2D eigenvalue weighted by Crippen LogP contribution is -2.52. The number of aliphatic hydroxyl groups excluding tert-OH is 1. The van der Waals surface area contributed by atoms with Gasteiger partial charge in [-0.3, -0.25) is 24.2 Å². The predicted molar refractivity (Wildman–Crippen MR) is 149 cm³/mol. The van der Waals surface area contributed by atoms with Gasteiger partial charge in [-0.25, -0.2) is 0 Å². The van der Waals surface area contributed by atoms with Gasteiger partial charge in [-0.1, -0.05) is 60.7 Å². The molecule has 1 saturated heterocycles. The van der Waals surface area contributed by atoms with E-state index in [9.17, 15) is 24.3 Å². The fourth-order valence-electron chi connectivity index (χ4n) is 4.96. The Hall–Kier alpha value is -4.61. The maximum Gasteiger partial charge on any atom is 0.310 e. The average molecular weight is 558 g/mol. The number of nitrogens with one attached hydrogen (secondary N) is 3. The van der Waals surface area contributed by atoms with Gasteiger partial charge in [0.25, 0.3) is 5.91 Å². The van der Waals surface area contributed by atoms with Crippen LogP contribution in [-0.2, 0) is 25.7 Å². The molecule has 3 heterocycles. The Morgan fingerprint density at radius 2 is 1.78 bits per heavy atom. The molecule has 0 spiro atoms. The van der Waals surface area contributed by atoms with Crippen molar-refractivity contribution in [2.24, 2.45) is 0 Å². The number of cyclic esters (lactones) is 1. The van der Waals surface area contributed by atoms with E-state index in [0.717, 1.165) is 16.5 Å². The van der Waals surface area contributed by atoms with Crippen LogP contribution < -0.4 is 16.0 Å². The maximum absolute atomic E-state index is 13.6. The number of esters is 1. The van der Waals surface area contributed by atoms with Crippen LogP contribution in [0.4, 0.5) is 0 Å². The molecule has 3 aromatic rings. The quantitative estimate of drug-likeness (QED) is 0.225. The first-order valence-corrected chi connectivity index (χ1v) is 13.4. The number of hydrogen-bond acceptors (Lipinski definition) is 8. The molecule has 5 rings (SSSR count). The number of ether oxygens (including phenoxy) is 1. The first-order chi connectivity index (χ1) is 19.9. The number of hydrogen-bond donors (Lipinski definition) is 4. The van der Waals surface area contributed by atoms with Crippen LogP contribution in [0.2, 0.25) is 0 Å². The maximum atomic E-state index is 13.6. The van der Waals surface area contributed by atoms with Gasteiger partial charge in [0.15, 0.2) is 0 Å². The van der Waals surface area contributed by atoms with Crippen molar-refractivity contribution in [2.45, 2.75) is 37.8 Å². The number of carbonyl (C=O) groups excluding carboxylic acids is 4. The zero-order valence-electron chi connectivity index (χ0n) is 22.3. The van der Waals surface area contributed by atoms with Crippen LogP contribution in [-0.4, -0.2) is 76.7 Å². The Balaban J connectivity index is 1.31. The number of fused-ring (bicyclic) bond motifs is 1. The van der Waals surface area contributed by atoms with Crippen LogP contribution >= 0.6 is 0 Å². The third-order valence-corrected chi connectivity index (χ3v) is 7.03. The molecule has 2 aliphatic rings. The molecule has 11 nitrogen and oxygen atoms in total. The first-order valence-electron chi connectivity index (χ1n) is 13.4. The molecule has 0 bridgehead atoms. The van der Waals surface area contributed by atoms with E-state index in [0.29, 0.717) is 18.5 Å². The monoisotopic (exact) mass is 557 g/mol. The molecule has 3 amide bonds. The van der Waals surface area contributed by atoms with Crippen molar-refractivity contribution in [3.63, 3.8) is 0 Å². The molecule has 4 N–H and O–H groups in total. The van der Waals surface area contributed by atoms with E-state index in [2.05, 4.69) is 25.7 Å². The number of aliphatic hydroxyl groups is 1. The van der Waals surface area contributed by atoms with Gasteiger partial charge in [0, 0.05) is 31.2 Å². The van der Waals surface area contributed by atoms with Crippen LogP contribution in [0.1, 0.15) is 28.9 Å². The molecule has 3 unspecified atom stereocenters. The Kier molecular flexibility index (Phi) is 8.66. The summed E-state index contributed by atoms with van der Waals surface area (Å²) in [6.45, 7) is 0.920. The van der Waals surface area contributed by atoms with Gasteiger partial charge in [-0.2, -0.15) is 0 Å². The van der Waals surface area contributed by atoms with Crippen LogP contribution in [0.5, 0.6) is 0 Å². The first kappa shape index (κ1) is 27.9. The summed E-state index contributed by atoms with van der Waals surface area (Å²) in [5.74, 6) is -2.09. The lowest BCUT2D eigenvalue weighted by atomic mass is 10.1. The van der Waals surface area contributed by atoms with Gasteiger partial charge in [0.2, 0.25) is 18.1 Å². The summed E-state index contributed by atoms with van der Waals surface area (Å²) in [5.41, 5.74) is 2.19. The highest BCUT2D eigenvalue weighted by molar-refractivity contribution is 6.06. The van der Waals surface area contributed by atoms with Crippen molar-refractivity contribution in [1.82, 2.24) is 25.8 Å². The molecule has 212 valence electrons.